The number of aliphatic hydroxyl groups excluding tert-OH is 1. The van der Waals surface area contributed by atoms with Crippen molar-refractivity contribution in [2.45, 2.75) is 25.7 Å². The molecule has 6 nitrogen and oxygen atoms in total. The molecule has 2 heterocycles. The molecule has 0 fully saturated rings. The lowest BCUT2D eigenvalue weighted by Crippen LogP contribution is -2.33. The normalized spacial score (nSPS) is 16.8. The van der Waals surface area contributed by atoms with Crippen molar-refractivity contribution in [3.05, 3.63) is 53.1 Å². The summed E-state index contributed by atoms with van der Waals surface area (Å²) >= 11 is 0. The van der Waals surface area contributed by atoms with Gasteiger partial charge in [0.15, 0.2) is 0 Å². The minimum atomic E-state index is -3.27. The highest BCUT2D eigenvalue weighted by atomic mass is 32.2. The van der Waals surface area contributed by atoms with Crippen LogP contribution in [0.15, 0.2) is 30.3 Å². The molecule has 130 valence electrons. The molecule has 1 aliphatic rings. The summed E-state index contributed by atoms with van der Waals surface area (Å²) in [5.74, 6) is -0.586. The van der Waals surface area contributed by atoms with Crippen LogP contribution in [0.1, 0.15) is 23.1 Å². The minimum absolute atomic E-state index is 0.249. The monoisotopic (exact) mass is 353 g/mol. The molecule has 1 aromatic heterocycles. The molecule has 0 saturated carbocycles. The van der Waals surface area contributed by atoms with Crippen molar-refractivity contribution in [1.82, 2.24) is 14.7 Å². The summed E-state index contributed by atoms with van der Waals surface area (Å²) in [6, 6.07) is 8.26. The van der Waals surface area contributed by atoms with Crippen molar-refractivity contribution >= 4 is 9.84 Å². The highest BCUT2D eigenvalue weighted by Crippen LogP contribution is 2.20. The van der Waals surface area contributed by atoms with E-state index in [0.29, 0.717) is 25.3 Å². The Bertz CT molecular complexity index is 835. The average Bonchev–Trinajstić information content (AvgIpc) is 2.89. The van der Waals surface area contributed by atoms with Crippen molar-refractivity contribution in [2.75, 3.05) is 18.6 Å². The Labute approximate surface area is 140 Å². The van der Waals surface area contributed by atoms with Gasteiger partial charge in [0, 0.05) is 25.9 Å². The highest BCUT2D eigenvalue weighted by Gasteiger charge is 2.23. The van der Waals surface area contributed by atoms with E-state index in [0.717, 1.165) is 24.1 Å². The molecule has 0 spiro atoms. The van der Waals surface area contributed by atoms with Crippen molar-refractivity contribution < 1.29 is 17.9 Å². The van der Waals surface area contributed by atoms with Crippen molar-refractivity contribution in [2.24, 2.45) is 0 Å². The van der Waals surface area contributed by atoms with Gasteiger partial charge in [-0.25, -0.2) is 12.8 Å². The second-order valence-electron chi connectivity index (χ2n) is 6.23. The Kier molecular flexibility index (Phi) is 4.71. The zero-order valence-electron chi connectivity index (χ0n) is 13.4. The van der Waals surface area contributed by atoms with Crippen LogP contribution in [0.2, 0.25) is 0 Å². The Hall–Kier alpha value is -1.77. The van der Waals surface area contributed by atoms with Gasteiger partial charge >= 0.3 is 0 Å². The number of fused-ring (bicyclic) bond motifs is 1. The van der Waals surface area contributed by atoms with E-state index >= 15 is 0 Å². The van der Waals surface area contributed by atoms with Gasteiger partial charge < -0.3 is 5.11 Å². The summed E-state index contributed by atoms with van der Waals surface area (Å²) in [5.41, 5.74) is 2.20. The number of aliphatic hydroxyl groups is 1. The zero-order valence-corrected chi connectivity index (χ0v) is 14.2. The van der Waals surface area contributed by atoms with E-state index in [9.17, 15) is 17.9 Å². The van der Waals surface area contributed by atoms with Crippen molar-refractivity contribution in [1.29, 1.82) is 0 Å². The molecule has 1 aliphatic heterocycles. The van der Waals surface area contributed by atoms with Gasteiger partial charge in [-0.1, -0.05) is 12.1 Å². The summed E-state index contributed by atoms with van der Waals surface area (Å²) in [6.07, 6.45) is -0.0257. The van der Waals surface area contributed by atoms with E-state index in [4.69, 9.17) is 0 Å². The van der Waals surface area contributed by atoms with Crippen LogP contribution in [0.4, 0.5) is 4.39 Å². The highest BCUT2D eigenvalue weighted by molar-refractivity contribution is 7.90. The van der Waals surface area contributed by atoms with Gasteiger partial charge in [-0.3, -0.25) is 9.58 Å². The summed E-state index contributed by atoms with van der Waals surface area (Å²) in [4.78, 5) is 2.17. The fourth-order valence-corrected chi connectivity index (χ4v) is 3.65. The standard InChI is InChI=1S/C16H20FN3O3S/c1-24(22,23)11-16(21)15-8-14-10-19(5-6-20(14)18-15)9-12-3-2-4-13(17)7-12/h2-4,7-8,16,21H,5-6,9-11H2,1H3. The van der Waals surface area contributed by atoms with E-state index in [1.165, 1.54) is 12.1 Å². The fourth-order valence-electron chi connectivity index (χ4n) is 2.91. The van der Waals surface area contributed by atoms with Gasteiger partial charge in [-0.05, 0) is 23.8 Å². The Balaban J connectivity index is 1.70. The molecule has 1 N–H and O–H groups in total. The van der Waals surface area contributed by atoms with Crippen LogP contribution < -0.4 is 0 Å². The Morgan fingerprint density at radius 1 is 1.33 bits per heavy atom. The van der Waals surface area contributed by atoms with E-state index in [-0.39, 0.29) is 11.6 Å². The van der Waals surface area contributed by atoms with Crippen LogP contribution in [0, 0.1) is 5.82 Å². The Morgan fingerprint density at radius 3 is 2.83 bits per heavy atom. The van der Waals surface area contributed by atoms with Crippen LogP contribution >= 0.6 is 0 Å². The number of nitrogens with zero attached hydrogens (tertiary/aromatic N) is 3. The van der Waals surface area contributed by atoms with Crippen LogP contribution in [-0.2, 0) is 29.5 Å². The molecule has 1 unspecified atom stereocenters. The molecule has 3 rings (SSSR count). The summed E-state index contributed by atoms with van der Waals surface area (Å²) in [7, 11) is -3.27. The molecular formula is C16H20FN3O3S. The smallest absolute Gasteiger partial charge is 0.150 e. The largest absolute Gasteiger partial charge is 0.386 e. The van der Waals surface area contributed by atoms with Crippen LogP contribution in [0.3, 0.4) is 0 Å². The average molecular weight is 353 g/mol. The van der Waals surface area contributed by atoms with Crippen LogP contribution in [0.5, 0.6) is 0 Å². The fraction of sp³-hybridized carbons (Fsp3) is 0.438. The van der Waals surface area contributed by atoms with Crippen molar-refractivity contribution in [3.8, 4) is 0 Å². The van der Waals surface area contributed by atoms with E-state index < -0.39 is 15.9 Å². The molecule has 0 aliphatic carbocycles. The maximum absolute atomic E-state index is 13.3. The molecule has 1 aromatic carbocycles. The van der Waals surface area contributed by atoms with E-state index in [1.54, 1.807) is 16.8 Å². The summed E-state index contributed by atoms with van der Waals surface area (Å²) < 4.78 is 37.7. The van der Waals surface area contributed by atoms with Crippen LogP contribution in [0.25, 0.3) is 0 Å². The molecule has 0 radical (unpaired) electrons. The van der Waals surface area contributed by atoms with Gasteiger partial charge in [0.05, 0.1) is 23.7 Å². The zero-order chi connectivity index (χ0) is 17.3. The lowest BCUT2D eigenvalue weighted by Gasteiger charge is -2.27. The molecule has 24 heavy (non-hydrogen) atoms. The third kappa shape index (κ3) is 4.19. The first-order chi connectivity index (χ1) is 11.3. The first kappa shape index (κ1) is 17.1. The first-order valence-electron chi connectivity index (χ1n) is 7.69. The Morgan fingerprint density at radius 2 is 2.12 bits per heavy atom. The predicted molar refractivity (Wildman–Crippen MR) is 87.4 cm³/mol. The van der Waals surface area contributed by atoms with Crippen LogP contribution in [-0.4, -0.2) is 46.8 Å². The third-order valence-electron chi connectivity index (χ3n) is 3.99. The second-order valence-corrected chi connectivity index (χ2v) is 8.42. The molecule has 0 saturated heterocycles. The van der Waals surface area contributed by atoms with Gasteiger partial charge in [0.25, 0.3) is 0 Å². The lowest BCUT2D eigenvalue weighted by atomic mass is 10.2. The third-order valence-corrected chi connectivity index (χ3v) is 4.91. The molecule has 2 aromatic rings. The van der Waals surface area contributed by atoms with E-state index in [2.05, 4.69) is 10.00 Å². The number of rotatable bonds is 5. The molecular weight excluding hydrogens is 333 g/mol. The summed E-state index contributed by atoms with van der Waals surface area (Å²) in [5, 5.41) is 14.3. The number of sulfone groups is 1. The number of aromatic nitrogens is 2. The minimum Gasteiger partial charge on any atom is -0.386 e. The maximum atomic E-state index is 13.3. The number of benzene rings is 1. The van der Waals surface area contributed by atoms with Gasteiger partial charge in [0.2, 0.25) is 0 Å². The number of halogens is 1. The van der Waals surface area contributed by atoms with E-state index in [1.807, 2.05) is 6.07 Å². The van der Waals surface area contributed by atoms with Crippen molar-refractivity contribution in [3.63, 3.8) is 0 Å². The first-order valence-corrected chi connectivity index (χ1v) is 9.75. The van der Waals surface area contributed by atoms with Gasteiger partial charge in [-0.15, -0.1) is 0 Å². The van der Waals surface area contributed by atoms with Gasteiger partial charge in [0.1, 0.15) is 21.8 Å². The lowest BCUT2D eigenvalue weighted by molar-refractivity contribution is 0.191. The predicted octanol–water partition coefficient (Wildman–Crippen LogP) is 1.12. The quantitative estimate of drug-likeness (QED) is 0.872. The molecule has 0 bridgehead atoms. The topological polar surface area (TPSA) is 75.4 Å². The number of hydrogen-bond acceptors (Lipinski definition) is 5. The molecule has 0 amide bonds. The second kappa shape index (κ2) is 6.62. The SMILES string of the molecule is CS(=O)(=O)CC(O)c1cc2n(n1)CCN(Cc1cccc(F)c1)C2. The maximum Gasteiger partial charge on any atom is 0.150 e. The molecule has 1 atom stereocenters. The van der Waals surface area contributed by atoms with Gasteiger partial charge in [-0.2, -0.15) is 5.10 Å². The number of hydrogen-bond donors (Lipinski definition) is 1. The summed E-state index contributed by atoms with van der Waals surface area (Å²) in [6.45, 7) is 2.66. The molecule has 8 heteroatoms.